The van der Waals surface area contributed by atoms with Crippen molar-refractivity contribution in [3.63, 3.8) is 0 Å². The predicted octanol–water partition coefficient (Wildman–Crippen LogP) is 4.43. The SMILES string of the molecule is O=C(NCCCCCCBr)C1CCC(C(F)(F)F)CC1. The lowest BCUT2D eigenvalue weighted by Gasteiger charge is -2.29. The molecule has 2 nitrogen and oxygen atoms in total. The molecule has 118 valence electrons. The summed E-state index contributed by atoms with van der Waals surface area (Å²) in [6.07, 6.45) is 1.09. The van der Waals surface area contributed by atoms with Crippen LogP contribution in [0, 0.1) is 11.8 Å². The largest absolute Gasteiger partial charge is 0.391 e. The highest BCUT2D eigenvalue weighted by Crippen LogP contribution is 2.39. The summed E-state index contributed by atoms with van der Waals surface area (Å²) in [6, 6.07) is 0. The fraction of sp³-hybridized carbons (Fsp3) is 0.929. The molecular weight excluding hydrogens is 335 g/mol. The molecule has 1 saturated carbocycles. The normalized spacial score (nSPS) is 23.6. The van der Waals surface area contributed by atoms with Crippen LogP contribution in [0.5, 0.6) is 0 Å². The number of alkyl halides is 4. The Morgan fingerprint density at radius 3 is 2.20 bits per heavy atom. The zero-order valence-corrected chi connectivity index (χ0v) is 13.2. The molecule has 6 heteroatoms. The predicted molar refractivity (Wildman–Crippen MR) is 76.8 cm³/mol. The van der Waals surface area contributed by atoms with E-state index in [4.69, 9.17) is 0 Å². The second-order valence-electron chi connectivity index (χ2n) is 5.48. The van der Waals surface area contributed by atoms with Crippen molar-refractivity contribution in [3.8, 4) is 0 Å². The Morgan fingerprint density at radius 1 is 1.05 bits per heavy atom. The Hall–Kier alpha value is -0.260. The topological polar surface area (TPSA) is 29.1 Å². The van der Waals surface area contributed by atoms with Gasteiger partial charge in [-0.3, -0.25) is 4.79 Å². The average molecular weight is 358 g/mol. The van der Waals surface area contributed by atoms with Gasteiger partial charge in [0, 0.05) is 17.8 Å². The Bertz CT molecular complexity index is 289. The first-order chi connectivity index (χ1) is 9.45. The lowest BCUT2D eigenvalue weighted by molar-refractivity contribution is -0.184. The summed E-state index contributed by atoms with van der Waals surface area (Å²) in [7, 11) is 0. The zero-order valence-electron chi connectivity index (χ0n) is 11.6. The van der Waals surface area contributed by atoms with Gasteiger partial charge in [-0.2, -0.15) is 13.2 Å². The highest BCUT2D eigenvalue weighted by atomic mass is 79.9. The van der Waals surface area contributed by atoms with E-state index in [-0.39, 0.29) is 24.7 Å². The number of halogens is 4. The summed E-state index contributed by atoms with van der Waals surface area (Å²) in [6.45, 7) is 0.639. The van der Waals surface area contributed by atoms with Crippen LogP contribution in [0.1, 0.15) is 51.4 Å². The Morgan fingerprint density at radius 2 is 1.65 bits per heavy atom. The molecule has 20 heavy (non-hydrogen) atoms. The van der Waals surface area contributed by atoms with E-state index in [0.717, 1.165) is 31.0 Å². The molecule has 0 aromatic carbocycles. The van der Waals surface area contributed by atoms with Crippen LogP contribution in [0.3, 0.4) is 0 Å². The van der Waals surface area contributed by atoms with E-state index < -0.39 is 12.1 Å². The molecule has 0 aromatic heterocycles. The number of hydrogen-bond donors (Lipinski definition) is 1. The Kier molecular flexibility index (Phi) is 7.92. The molecule has 1 aliphatic rings. The Labute approximate surface area is 127 Å². The molecule has 0 unspecified atom stereocenters. The third-order valence-electron chi connectivity index (χ3n) is 3.92. The van der Waals surface area contributed by atoms with Crippen molar-refractivity contribution >= 4 is 21.8 Å². The molecule has 0 aromatic rings. The lowest BCUT2D eigenvalue weighted by Crippen LogP contribution is -2.36. The van der Waals surface area contributed by atoms with Crippen molar-refractivity contribution in [2.45, 2.75) is 57.5 Å². The lowest BCUT2D eigenvalue weighted by atomic mass is 9.81. The van der Waals surface area contributed by atoms with Crippen molar-refractivity contribution < 1.29 is 18.0 Å². The molecule has 1 rings (SSSR count). The zero-order chi connectivity index (χ0) is 15.0. The van der Waals surface area contributed by atoms with Gasteiger partial charge >= 0.3 is 6.18 Å². The van der Waals surface area contributed by atoms with Crippen LogP contribution in [0.25, 0.3) is 0 Å². The minimum absolute atomic E-state index is 0.0638. The summed E-state index contributed by atoms with van der Waals surface area (Å²) in [4.78, 5) is 11.8. The third-order valence-corrected chi connectivity index (χ3v) is 4.48. The third kappa shape index (κ3) is 6.46. The van der Waals surface area contributed by atoms with Crippen LogP contribution in [-0.2, 0) is 4.79 Å². The van der Waals surface area contributed by atoms with E-state index in [2.05, 4.69) is 21.2 Å². The molecule has 1 amide bonds. The number of hydrogen-bond acceptors (Lipinski definition) is 1. The van der Waals surface area contributed by atoms with Gasteiger partial charge in [-0.1, -0.05) is 28.8 Å². The van der Waals surface area contributed by atoms with Crippen LogP contribution < -0.4 is 5.32 Å². The summed E-state index contributed by atoms with van der Waals surface area (Å²) in [5.41, 5.74) is 0. The van der Waals surface area contributed by atoms with Gasteiger partial charge in [0.25, 0.3) is 0 Å². The van der Waals surface area contributed by atoms with Crippen molar-refractivity contribution in [1.29, 1.82) is 0 Å². The minimum Gasteiger partial charge on any atom is -0.356 e. The number of unbranched alkanes of at least 4 members (excludes halogenated alkanes) is 3. The summed E-state index contributed by atoms with van der Waals surface area (Å²) in [5.74, 6) is -1.50. The van der Waals surface area contributed by atoms with E-state index >= 15 is 0 Å². The maximum atomic E-state index is 12.5. The monoisotopic (exact) mass is 357 g/mol. The van der Waals surface area contributed by atoms with Crippen LogP contribution in [0.15, 0.2) is 0 Å². The molecule has 0 spiro atoms. The molecule has 0 atom stereocenters. The number of carbonyl (C=O) groups is 1. The second-order valence-corrected chi connectivity index (χ2v) is 6.28. The standard InChI is InChI=1S/C14H23BrF3NO/c15-9-3-1-2-4-10-19-13(20)11-5-7-12(8-6-11)14(16,17)18/h11-12H,1-10H2,(H,19,20). The van der Waals surface area contributed by atoms with Crippen molar-refractivity contribution in [2.75, 3.05) is 11.9 Å². The first-order valence-electron chi connectivity index (χ1n) is 7.35. The van der Waals surface area contributed by atoms with Crippen molar-refractivity contribution in [1.82, 2.24) is 5.32 Å². The fourth-order valence-electron chi connectivity index (χ4n) is 2.61. The van der Waals surface area contributed by atoms with Gasteiger partial charge in [0.05, 0.1) is 5.92 Å². The maximum Gasteiger partial charge on any atom is 0.391 e. The van der Waals surface area contributed by atoms with Crippen LogP contribution in [0.2, 0.25) is 0 Å². The van der Waals surface area contributed by atoms with Gasteiger partial charge in [-0.05, 0) is 38.5 Å². The molecule has 0 heterocycles. The smallest absolute Gasteiger partial charge is 0.356 e. The molecule has 1 aliphatic carbocycles. The fourth-order valence-corrected chi connectivity index (χ4v) is 3.01. The summed E-state index contributed by atoms with van der Waals surface area (Å²) < 4.78 is 37.5. The van der Waals surface area contributed by atoms with E-state index in [9.17, 15) is 18.0 Å². The maximum absolute atomic E-state index is 12.5. The summed E-state index contributed by atoms with van der Waals surface area (Å²) >= 11 is 3.36. The van der Waals surface area contributed by atoms with Gasteiger partial charge in [0.1, 0.15) is 0 Å². The number of carbonyl (C=O) groups excluding carboxylic acids is 1. The van der Waals surface area contributed by atoms with Gasteiger partial charge in [-0.15, -0.1) is 0 Å². The van der Waals surface area contributed by atoms with Gasteiger partial charge in [-0.25, -0.2) is 0 Å². The van der Waals surface area contributed by atoms with E-state index in [1.54, 1.807) is 0 Å². The van der Waals surface area contributed by atoms with Crippen molar-refractivity contribution in [2.24, 2.45) is 11.8 Å². The molecule has 0 saturated heterocycles. The molecular formula is C14H23BrF3NO. The van der Waals surface area contributed by atoms with Gasteiger partial charge < -0.3 is 5.32 Å². The second kappa shape index (κ2) is 8.90. The summed E-state index contributed by atoms with van der Waals surface area (Å²) in [5, 5.41) is 3.85. The minimum atomic E-state index is -4.10. The number of rotatable bonds is 7. The number of amides is 1. The number of nitrogens with one attached hydrogen (secondary N) is 1. The molecule has 0 radical (unpaired) electrons. The van der Waals surface area contributed by atoms with E-state index in [1.165, 1.54) is 0 Å². The highest BCUT2D eigenvalue weighted by Gasteiger charge is 2.42. The van der Waals surface area contributed by atoms with E-state index in [1.807, 2.05) is 0 Å². The average Bonchev–Trinajstić information content (AvgIpc) is 2.41. The van der Waals surface area contributed by atoms with E-state index in [0.29, 0.717) is 19.4 Å². The van der Waals surface area contributed by atoms with Crippen LogP contribution in [0.4, 0.5) is 13.2 Å². The first-order valence-corrected chi connectivity index (χ1v) is 8.47. The van der Waals surface area contributed by atoms with Gasteiger partial charge in [0.15, 0.2) is 0 Å². The first kappa shape index (κ1) is 17.8. The van der Waals surface area contributed by atoms with Crippen LogP contribution >= 0.6 is 15.9 Å². The molecule has 1 fully saturated rings. The highest BCUT2D eigenvalue weighted by molar-refractivity contribution is 9.09. The molecule has 1 N–H and O–H groups in total. The van der Waals surface area contributed by atoms with Crippen LogP contribution in [-0.4, -0.2) is 24.0 Å². The molecule has 0 bridgehead atoms. The van der Waals surface area contributed by atoms with Crippen molar-refractivity contribution in [3.05, 3.63) is 0 Å². The quantitative estimate of drug-likeness (QED) is 0.530. The van der Waals surface area contributed by atoms with Gasteiger partial charge in [0.2, 0.25) is 5.91 Å². The Balaban J connectivity index is 2.13. The molecule has 0 aliphatic heterocycles.